The van der Waals surface area contributed by atoms with Crippen molar-refractivity contribution in [3.63, 3.8) is 0 Å². The molecule has 2 rings (SSSR count). The van der Waals surface area contributed by atoms with Crippen LogP contribution in [0, 0.1) is 0 Å². The minimum absolute atomic E-state index is 0.115. The van der Waals surface area contributed by atoms with E-state index in [9.17, 15) is 14.4 Å². The summed E-state index contributed by atoms with van der Waals surface area (Å²) in [6, 6.07) is 8.15. The van der Waals surface area contributed by atoms with Gasteiger partial charge in [0, 0.05) is 12.6 Å². The van der Waals surface area contributed by atoms with Crippen molar-refractivity contribution in [3.05, 3.63) is 35.9 Å². The van der Waals surface area contributed by atoms with E-state index < -0.39 is 29.8 Å². The molecule has 0 radical (unpaired) electrons. The lowest BCUT2D eigenvalue weighted by Gasteiger charge is -2.37. The van der Waals surface area contributed by atoms with Crippen LogP contribution in [0.15, 0.2) is 30.3 Å². The minimum Gasteiger partial charge on any atom is -0.467 e. The van der Waals surface area contributed by atoms with Gasteiger partial charge in [-0.1, -0.05) is 30.3 Å². The predicted molar refractivity (Wildman–Crippen MR) is 102 cm³/mol. The first-order valence-corrected chi connectivity index (χ1v) is 9.24. The summed E-state index contributed by atoms with van der Waals surface area (Å²) in [6.07, 6.45) is -0.435. The summed E-state index contributed by atoms with van der Waals surface area (Å²) in [6.45, 7) is 5.69. The number of benzene rings is 1. The van der Waals surface area contributed by atoms with Gasteiger partial charge in [0.05, 0.1) is 7.11 Å². The Morgan fingerprint density at radius 1 is 1.18 bits per heavy atom. The maximum Gasteiger partial charge on any atom is 0.410 e. The zero-order valence-corrected chi connectivity index (χ0v) is 16.8. The number of carbonyl (C=O) groups excluding carboxylic acids is 3. The third kappa shape index (κ3) is 6.44. The average molecular weight is 392 g/mol. The Balaban J connectivity index is 1.97. The van der Waals surface area contributed by atoms with Crippen molar-refractivity contribution >= 4 is 18.2 Å². The lowest BCUT2D eigenvalue weighted by Crippen LogP contribution is -2.55. The number of nitrogens with zero attached hydrogens (tertiary/aromatic N) is 1. The van der Waals surface area contributed by atoms with Gasteiger partial charge in [-0.25, -0.2) is 14.4 Å². The quantitative estimate of drug-likeness (QED) is 0.625. The number of hydrogen-bond acceptors (Lipinski definition) is 6. The summed E-state index contributed by atoms with van der Waals surface area (Å²) in [4.78, 5) is 38.0. The molecule has 1 N–H and O–H groups in total. The first kappa shape index (κ1) is 21.5. The van der Waals surface area contributed by atoms with E-state index in [1.54, 1.807) is 20.8 Å². The van der Waals surface area contributed by atoms with Crippen LogP contribution in [0.1, 0.15) is 39.2 Å². The predicted octanol–water partition coefficient (Wildman–Crippen LogP) is 2.85. The Hall–Kier alpha value is -2.77. The summed E-state index contributed by atoms with van der Waals surface area (Å²) in [5.41, 5.74) is 0.236. The molecule has 2 atom stereocenters. The van der Waals surface area contributed by atoms with Crippen molar-refractivity contribution in [1.82, 2.24) is 10.2 Å². The largest absolute Gasteiger partial charge is 0.467 e. The van der Waals surface area contributed by atoms with Gasteiger partial charge in [0.25, 0.3) is 0 Å². The number of piperidine rings is 1. The molecule has 0 aliphatic carbocycles. The highest BCUT2D eigenvalue weighted by molar-refractivity contribution is 5.82. The van der Waals surface area contributed by atoms with Gasteiger partial charge in [-0.2, -0.15) is 0 Å². The van der Waals surface area contributed by atoms with Crippen molar-refractivity contribution < 1.29 is 28.6 Å². The molecule has 1 aromatic carbocycles. The van der Waals surface area contributed by atoms with Gasteiger partial charge < -0.3 is 19.5 Å². The lowest BCUT2D eigenvalue weighted by molar-refractivity contribution is -0.148. The fraction of sp³-hybridized carbons (Fsp3) is 0.550. The molecule has 28 heavy (non-hydrogen) atoms. The van der Waals surface area contributed by atoms with Crippen molar-refractivity contribution in [3.8, 4) is 0 Å². The molecular formula is C20H28N2O6. The Morgan fingerprint density at radius 3 is 2.46 bits per heavy atom. The Morgan fingerprint density at radius 2 is 1.86 bits per heavy atom. The highest BCUT2D eigenvalue weighted by atomic mass is 16.6. The van der Waals surface area contributed by atoms with Gasteiger partial charge >= 0.3 is 18.2 Å². The van der Waals surface area contributed by atoms with Gasteiger partial charge in [0.15, 0.2) is 0 Å². The summed E-state index contributed by atoms with van der Waals surface area (Å²) in [5, 5.41) is 2.75. The van der Waals surface area contributed by atoms with Crippen LogP contribution in [0.5, 0.6) is 0 Å². The second-order valence-corrected chi connectivity index (χ2v) is 7.64. The van der Waals surface area contributed by atoms with E-state index in [2.05, 4.69) is 5.32 Å². The highest BCUT2D eigenvalue weighted by Gasteiger charge is 2.38. The Bertz CT molecular complexity index is 686. The number of alkyl carbamates (subject to hydrolysis) is 1. The number of methoxy groups -OCH3 is 1. The van der Waals surface area contributed by atoms with E-state index in [0.717, 1.165) is 5.56 Å². The van der Waals surface area contributed by atoms with Crippen LogP contribution in [0.4, 0.5) is 9.59 Å². The van der Waals surface area contributed by atoms with Gasteiger partial charge in [0.1, 0.15) is 18.2 Å². The zero-order chi connectivity index (χ0) is 20.7. The van der Waals surface area contributed by atoms with Crippen LogP contribution in [0.3, 0.4) is 0 Å². The first-order valence-electron chi connectivity index (χ1n) is 9.24. The molecule has 1 aliphatic heterocycles. The number of carbonyl (C=O) groups is 3. The van der Waals surface area contributed by atoms with Crippen LogP contribution in [0.2, 0.25) is 0 Å². The molecular weight excluding hydrogens is 364 g/mol. The SMILES string of the molecule is COC(=O)[C@@H]1C[C@@H](NC(=O)OC(C)(C)C)CCN1C(=O)OCc1ccccc1. The van der Waals surface area contributed by atoms with E-state index in [1.165, 1.54) is 12.0 Å². The van der Waals surface area contributed by atoms with E-state index >= 15 is 0 Å². The zero-order valence-electron chi connectivity index (χ0n) is 16.8. The molecule has 154 valence electrons. The molecule has 1 fully saturated rings. The molecule has 1 saturated heterocycles. The van der Waals surface area contributed by atoms with Crippen molar-refractivity contribution in [2.75, 3.05) is 13.7 Å². The molecule has 0 saturated carbocycles. The van der Waals surface area contributed by atoms with Gasteiger partial charge in [-0.05, 0) is 39.2 Å². The third-order valence-corrected chi connectivity index (χ3v) is 4.24. The molecule has 2 amide bonds. The van der Waals surface area contributed by atoms with E-state index in [-0.39, 0.29) is 25.6 Å². The lowest BCUT2D eigenvalue weighted by atomic mass is 9.97. The standard InChI is InChI=1S/C20H28N2O6/c1-20(2,3)28-18(24)21-15-10-11-22(16(12-15)17(23)26-4)19(25)27-13-14-8-6-5-7-9-14/h5-9,15-16H,10-13H2,1-4H3,(H,21,24)/t15-,16-/m0/s1. The normalized spacial score (nSPS) is 19.5. The second-order valence-electron chi connectivity index (χ2n) is 7.64. The van der Waals surface area contributed by atoms with Crippen LogP contribution < -0.4 is 5.32 Å². The Kier molecular flexibility index (Phi) is 7.25. The van der Waals surface area contributed by atoms with E-state index in [0.29, 0.717) is 6.42 Å². The number of nitrogens with one attached hydrogen (secondary N) is 1. The number of rotatable bonds is 4. The van der Waals surface area contributed by atoms with Crippen LogP contribution in [0.25, 0.3) is 0 Å². The van der Waals surface area contributed by atoms with Gasteiger partial charge in [0.2, 0.25) is 0 Å². The number of likely N-dealkylation sites (tertiary alicyclic amines) is 1. The summed E-state index contributed by atoms with van der Waals surface area (Å²) in [7, 11) is 1.26. The van der Waals surface area contributed by atoms with Crippen molar-refractivity contribution in [2.24, 2.45) is 0 Å². The fourth-order valence-corrected chi connectivity index (χ4v) is 2.95. The number of amides is 2. The second kappa shape index (κ2) is 9.43. The van der Waals surface area contributed by atoms with Crippen LogP contribution >= 0.6 is 0 Å². The molecule has 0 aromatic heterocycles. The summed E-state index contributed by atoms with van der Waals surface area (Å²) < 4.78 is 15.4. The van der Waals surface area contributed by atoms with Crippen LogP contribution in [-0.4, -0.2) is 54.4 Å². The number of hydrogen-bond donors (Lipinski definition) is 1. The van der Waals surface area contributed by atoms with Crippen molar-refractivity contribution in [2.45, 2.75) is 57.9 Å². The fourth-order valence-electron chi connectivity index (χ4n) is 2.95. The molecule has 1 heterocycles. The number of esters is 1. The average Bonchev–Trinajstić information content (AvgIpc) is 2.64. The number of ether oxygens (including phenoxy) is 3. The topological polar surface area (TPSA) is 94.2 Å². The molecule has 0 unspecified atom stereocenters. The van der Waals surface area contributed by atoms with Gasteiger partial charge in [-0.3, -0.25) is 4.90 Å². The highest BCUT2D eigenvalue weighted by Crippen LogP contribution is 2.21. The summed E-state index contributed by atoms with van der Waals surface area (Å²) >= 11 is 0. The smallest absolute Gasteiger partial charge is 0.410 e. The monoisotopic (exact) mass is 392 g/mol. The molecule has 0 bridgehead atoms. The van der Waals surface area contributed by atoms with E-state index in [1.807, 2.05) is 30.3 Å². The molecule has 0 spiro atoms. The van der Waals surface area contributed by atoms with Gasteiger partial charge in [-0.15, -0.1) is 0 Å². The van der Waals surface area contributed by atoms with Crippen LogP contribution in [-0.2, 0) is 25.6 Å². The molecule has 8 nitrogen and oxygen atoms in total. The summed E-state index contributed by atoms with van der Waals surface area (Å²) in [5.74, 6) is -0.549. The molecule has 1 aromatic rings. The molecule has 8 heteroatoms. The Labute approximate surface area is 165 Å². The first-order chi connectivity index (χ1) is 13.2. The maximum absolute atomic E-state index is 12.5. The minimum atomic E-state index is -0.832. The maximum atomic E-state index is 12.5. The molecule has 1 aliphatic rings. The van der Waals surface area contributed by atoms with Crippen molar-refractivity contribution in [1.29, 1.82) is 0 Å². The third-order valence-electron chi connectivity index (χ3n) is 4.24. The van der Waals surface area contributed by atoms with E-state index in [4.69, 9.17) is 14.2 Å².